The minimum atomic E-state index is -3.85. The lowest BCUT2D eigenvalue weighted by atomic mass is 10.0. The van der Waals surface area contributed by atoms with Crippen molar-refractivity contribution in [1.29, 1.82) is 0 Å². The van der Waals surface area contributed by atoms with Crippen LogP contribution in [0.4, 0.5) is 8.78 Å². The van der Waals surface area contributed by atoms with Gasteiger partial charge in [-0.1, -0.05) is 0 Å². The summed E-state index contributed by atoms with van der Waals surface area (Å²) < 4.78 is 50.4. The Kier molecular flexibility index (Phi) is 2.72. The van der Waals surface area contributed by atoms with Crippen molar-refractivity contribution in [3.8, 4) is 0 Å². The van der Waals surface area contributed by atoms with Gasteiger partial charge in [-0.15, -0.1) is 0 Å². The lowest BCUT2D eigenvalue weighted by Crippen LogP contribution is -2.61. The predicted molar refractivity (Wildman–Crippen MR) is 55.7 cm³/mol. The summed E-state index contributed by atoms with van der Waals surface area (Å²) in [6.45, 7) is 1.41. The summed E-state index contributed by atoms with van der Waals surface area (Å²) in [7, 11) is -3.85. The molecule has 1 heterocycles. The van der Waals surface area contributed by atoms with E-state index in [4.69, 9.17) is 0 Å². The van der Waals surface area contributed by atoms with Gasteiger partial charge in [-0.2, -0.15) is 4.31 Å². The highest BCUT2D eigenvalue weighted by Gasteiger charge is 2.43. The maximum absolute atomic E-state index is 12.9. The summed E-state index contributed by atoms with van der Waals surface area (Å²) >= 11 is 0. The topological polar surface area (TPSA) is 57.6 Å². The summed E-state index contributed by atoms with van der Waals surface area (Å²) in [5.74, 6) is -2.31. The van der Waals surface area contributed by atoms with Gasteiger partial charge in [0.2, 0.25) is 10.0 Å². The molecule has 1 aliphatic rings. The van der Waals surface area contributed by atoms with Gasteiger partial charge in [-0.05, 0) is 25.1 Å². The molecular formula is C10H11F2NO3S. The van der Waals surface area contributed by atoms with Crippen molar-refractivity contribution in [3.05, 3.63) is 29.8 Å². The zero-order valence-electron chi connectivity index (χ0n) is 9.02. The molecule has 0 aromatic heterocycles. The van der Waals surface area contributed by atoms with E-state index < -0.39 is 27.3 Å². The van der Waals surface area contributed by atoms with Gasteiger partial charge < -0.3 is 5.11 Å². The van der Waals surface area contributed by atoms with Gasteiger partial charge in [-0.25, -0.2) is 17.2 Å². The maximum atomic E-state index is 12.9. The summed E-state index contributed by atoms with van der Waals surface area (Å²) in [5.41, 5.74) is -1.05. The van der Waals surface area contributed by atoms with Gasteiger partial charge in [0.15, 0.2) is 11.6 Å². The van der Waals surface area contributed by atoms with E-state index in [1.54, 1.807) is 0 Å². The van der Waals surface area contributed by atoms with Gasteiger partial charge in [0.1, 0.15) is 0 Å². The molecular weight excluding hydrogens is 252 g/mol. The highest BCUT2D eigenvalue weighted by Crippen LogP contribution is 2.28. The van der Waals surface area contributed by atoms with Crippen molar-refractivity contribution >= 4 is 10.0 Å². The Labute approximate surface area is 97.5 Å². The molecule has 2 rings (SSSR count). The number of rotatable bonds is 2. The number of hydrogen-bond acceptors (Lipinski definition) is 3. The second-order valence-corrected chi connectivity index (χ2v) is 6.28. The zero-order chi connectivity index (χ0) is 12.8. The minimum Gasteiger partial charge on any atom is -0.387 e. The SMILES string of the molecule is CC1(O)CN(S(=O)(=O)c2ccc(F)c(F)c2)C1. The highest BCUT2D eigenvalue weighted by molar-refractivity contribution is 7.89. The number of halogens is 2. The summed E-state index contributed by atoms with van der Waals surface area (Å²) in [4.78, 5) is -0.313. The zero-order valence-corrected chi connectivity index (χ0v) is 9.84. The third-order valence-corrected chi connectivity index (χ3v) is 4.35. The van der Waals surface area contributed by atoms with Gasteiger partial charge in [0, 0.05) is 13.1 Å². The van der Waals surface area contributed by atoms with Crippen LogP contribution in [-0.2, 0) is 10.0 Å². The monoisotopic (exact) mass is 263 g/mol. The van der Waals surface area contributed by atoms with Crippen molar-refractivity contribution in [2.75, 3.05) is 13.1 Å². The Balaban J connectivity index is 2.30. The molecule has 1 aromatic rings. The molecule has 1 saturated heterocycles. The van der Waals surface area contributed by atoms with E-state index in [1.165, 1.54) is 6.92 Å². The van der Waals surface area contributed by atoms with Crippen LogP contribution in [0.2, 0.25) is 0 Å². The van der Waals surface area contributed by atoms with Crippen LogP contribution in [0, 0.1) is 11.6 Å². The number of sulfonamides is 1. The van der Waals surface area contributed by atoms with Crippen LogP contribution < -0.4 is 0 Å². The highest BCUT2D eigenvalue weighted by atomic mass is 32.2. The van der Waals surface area contributed by atoms with E-state index in [-0.39, 0.29) is 18.0 Å². The van der Waals surface area contributed by atoms with E-state index in [9.17, 15) is 22.3 Å². The Morgan fingerprint density at radius 2 is 1.88 bits per heavy atom. The average Bonchev–Trinajstić information content (AvgIpc) is 2.18. The van der Waals surface area contributed by atoms with Crippen LogP contribution in [0.25, 0.3) is 0 Å². The second-order valence-electron chi connectivity index (χ2n) is 4.35. The third-order valence-electron chi connectivity index (χ3n) is 2.56. The molecule has 1 fully saturated rings. The summed E-state index contributed by atoms with van der Waals surface area (Å²) in [5, 5.41) is 9.45. The van der Waals surface area contributed by atoms with Gasteiger partial charge in [0.05, 0.1) is 10.5 Å². The Morgan fingerprint density at radius 1 is 1.29 bits per heavy atom. The molecule has 94 valence electrons. The molecule has 1 N–H and O–H groups in total. The molecule has 4 nitrogen and oxygen atoms in total. The first-order valence-corrected chi connectivity index (χ1v) is 6.34. The molecule has 0 saturated carbocycles. The first-order valence-electron chi connectivity index (χ1n) is 4.90. The molecule has 1 aromatic carbocycles. The second kappa shape index (κ2) is 3.72. The van der Waals surface area contributed by atoms with Gasteiger partial charge >= 0.3 is 0 Å². The van der Waals surface area contributed by atoms with E-state index in [2.05, 4.69) is 0 Å². The number of benzene rings is 1. The largest absolute Gasteiger partial charge is 0.387 e. The normalized spacial score (nSPS) is 20.0. The average molecular weight is 263 g/mol. The minimum absolute atomic E-state index is 0.0473. The van der Waals surface area contributed by atoms with Gasteiger partial charge in [-0.3, -0.25) is 0 Å². The molecule has 0 bridgehead atoms. The predicted octanol–water partition coefficient (Wildman–Crippen LogP) is 0.720. The van der Waals surface area contributed by atoms with Crippen molar-refractivity contribution in [1.82, 2.24) is 4.31 Å². The Hall–Kier alpha value is -1.05. The fourth-order valence-corrected chi connectivity index (χ4v) is 3.36. The van der Waals surface area contributed by atoms with Crippen LogP contribution >= 0.6 is 0 Å². The quantitative estimate of drug-likeness (QED) is 0.855. The molecule has 1 aliphatic heterocycles. The number of nitrogens with zero attached hydrogens (tertiary/aromatic N) is 1. The van der Waals surface area contributed by atoms with E-state index in [1.807, 2.05) is 0 Å². The number of hydrogen-bond donors (Lipinski definition) is 1. The standard InChI is InChI=1S/C10H11F2NO3S/c1-10(14)5-13(6-10)17(15,16)7-2-3-8(11)9(12)4-7/h2-4,14H,5-6H2,1H3. The van der Waals surface area contributed by atoms with Crippen LogP contribution in [0.3, 0.4) is 0 Å². The number of β-amino-alcohol motifs (C(OH)–C–C–N with tert-alkyl or cyclic N) is 1. The molecule has 17 heavy (non-hydrogen) atoms. The van der Waals surface area contributed by atoms with Crippen LogP contribution in [0.15, 0.2) is 23.1 Å². The van der Waals surface area contributed by atoms with Crippen molar-refractivity contribution in [2.24, 2.45) is 0 Å². The third kappa shape index (κ3) is 2.18. The van der Waals surface area contributed by atoms with E-state index in [0.717, 1.165) is 16.4 Å². The van der Waals surface area contributed by atoms with Crippen LogP contribution in [0.1, 0.15) is 6.92 Å². The van der Waals surface area contributed by atoms with Crippen molar-refractivity contribution in [2.45, 2.75) is 17.4 Å². The fraction of sp³-hybridized carbons (Fsp3) is 0.400. The summed E-state index contributed by atoms with van der Waals surface area (Å²) in [6.07, 6.45) is 0. The Bertz CT molecular complexity index is 549. The van der Waals surface area contributed by atoms with Crippen molar-refractivity contribution in [3.63, 3.8) is 0 Å². The molecule has 0 atom stereocenters. The molecule has 0 spiro atoms. The molecule has 7 heteroatoms. The molecule has 0 radical (unpaired) electrons. The smallest absolute Gasteiger partial charge is 0.243 e. The fourth-order valence-electron chi connectivity index (χ4n) is 1.67. The van der Waals surface area contributed by atoms with Crippen molar-refractivity contribution < 1.29 is 22.3 Å². The number of aliphatic hydroxyl groups is 1. The molecule has 0 unspecified atom stereocenters. The Morgan fingerprint density at radius 3 is 2.35 bits per heavy atom. The first kappa shape index (κ1) is 12.4. The van der Waals surface area contributed by atoms with E-state index >= 15 is 0 Å². The first-order chi connectivity index (χ1) is 7.72. The molecule has 0 amide bonds. The maximum Gasteiger partial charge on any atom is 0.243 e. The molecule has 0 aliphatic carbocycles. The summed E-state index contributed by atoms with van der Waals surface area (Å²) in [6, 6.07) is 2.40. The van der Waals surface area contributed by atoms with Crippen LogP contribution in [-0.4, -0.2) is 36.5 Å². The lowest BCUT2D eigenvalue weighted by molar-refractivity contribution is -0.0426. The van der Waals surface area contributed by atoms with E-state index in [0.29, 0.717) is 6.07 Å². The lowest BCUT2D eigenvalue weighted by Gasteiger charge is -2.42. The van der Waals surface area contributed by atoms with Gasteiger partial charge in [0.25, 0.3) is 0 Å². The van der Waals surface area contributed by atoms with Crippen LogP contribution in [0.5, 0.6) is 0 Å².